The fraction of sp³-hybridized carbons (Fsp3) is 0.808. The fourth-order valence-corrected chi connectivity index (χ4v) is 3.93. The summed E-state index contributed by atoms with van der Waals surface area (Å²) in [5.41, 5.74) is -0.176. The maximum absolute atomic E-state index is 13.2. The normalized spacial score (nSPS) is 19.6. The molecule has 1 heterocycles. The minimum atomic E-state index is -0.774. The number of ether oxygens (including phenoxy) is 1. The third kappa shape index (κ3) is 10.3. The van der Waals surface area contributed by atoms with Crippen molar-refractivity contribution in [3.05, 3.63) is 0 Å². The van der Waals surface area contributed by atoms with Crippen LogP contribution in [0.4, 0.5) is 0 Å². The number of carbonyl (C=O) groups excluding carboxylic acids is 5. The van der Waals surface area contributed by atoms with Crippen LogP contribution in [0.25, 0.3) is 0 Å². The first-order chi connectivity index (χ1) is 15.7. The molecule has 8 nitrogen and oxygen atoms in total. The first-order valence-electron chi connectivity index (χ1n) is 12.6. The van der Waals surface area contributed by atoms with E-state index in [1.807, 2.05) is 48.5 Å². The maximum atomic E-state index is 13.2. The number of rotatable bonds is 12. The monoisotopic (exact) mass is 480 g/mol. The second-order valence-corrected chi connectivity index (χ2v) is 11.2. The van der Waals surface area contributed by atoms with Crippen molar-refractivity contribution >= 4 is 29.4 Å². The Labute approximate surface area is 204 Å². The summed E-state index contributed by atoms with van der Waals surface area (Å²) in [6, 6.07) is -0.774. The largest absolute Gasteiger partial charge is 0.465 e. The Kier molecular flexibility index (Phi) is 11.9. The summed E-state index contributed by atoms with van der Waals surface area (Å²) in [7, 11) is 0. The van der Waals surface area contributed by atoms with Crippen LogP contribution >= 0.6 is 0 Å². The molecule has 0 bridgehead atoms. The molecule has 4 atom stereocenters. The lowest BCUT2D eigenvalue weighted by atomic mass is 9.86. The van der Waals surface area contributed by atoms with Gasteiger partial charge in [-0.2, -0.15) is 0 Å². The molecule has 2 amide bonds. The topological polar surface area (TPSA) is 119 Å². The van der Waals surface area contributed by atoms with Crippen LogP contribution in [0.5, 0.6) is 0 Å². The van der Waals surface area contributed by atoms with Crippen molar-refractivity contribution in [2.45, 2.75) is 93.0 Å². The number of ketones is 2. The Morgan fingerprint density at radius 1 is 1.15 bits per heavy atom. The van der Waals surface area contributed by atoms with Crippen molar-refractivity contribution < 1.29 is 28.7 Å². The van der Waals surface area contributed by atoms with E-state index in [9.17, 15) is 24.0 Å². The number of hydrogen-bond acceptors (Lipinski definition) is 6. The second-order valence-electron chi connectivity index (χ2n) is 11.2. The van der Waals surface area contributed by atoms with Crippen molar-refractivity contribution in [3.63, 3.8) is 0 Å². The summed E-state index contributed by atoms with van der Waals surface area (Å²) in [5.74, 6) is -3.50. The predicted octanol–water partition coefficient (Wildman–Crippen LogP) is 3.21. The van der Waals surface area contributed by atoms with Crippen LogP contribution < -0.4 is 10.6 Å². The van der Waals surface area contributed by atoms with E-state index < -0.39 is 35.5 Å². The lowest BCUT2D eigenvalue weighted by Crippen LogP contribution is -2.47. The van der Waals surface area contributed by atoms with Gasteiger partial charge in [0.05, 0.1) is 25.0 Å². The molecule has 0 aromatic carbocycles. The Morgan fingerprint density at radius 2 is 1.79 bits per heavy atom. The fourth-order valence-electron chi connectivity index (χ4n) is 3.93. The zero-order valence-electron chi connectivity index (χ0n) is 22.0. The molecule has 1 aliphatic heterocycles. The van der Waals surface area contributed by atoms with E-state index in [1.165, 1.54) is 0 Å². The van der Waals surface area contributed by atoms with Gasteiger partial charge in [-0.3, -0.25) is 24.0 Å². The Hall–Kier alpha value is -2.25. The second kappa shape index (κ2) is 13.6. The van der Waals surface area contributed by atoms with Crippen LogP contribution in [0.3, 0.4) is 0 Å². The van der Waals surface area contributed by atoms with E-state index in [4.69, 9.17) is 4.74 Å². The number of esters is 1. The van der Waals surface area contributed by atoms with Gasteiger partial charge < -0.3 is 15.4 Å². The van der Waals surface area contributed by atoms with E-state index in [2.05, 4.69) is 10.6 Å². The minimum Gasteiger partial charge on any atom is -0.465 e. The van der Waals surface area contributed by atoms with Gasteiger partial charge >= 0.3 is 5.97 Å². The Morgan fingerprint density at radius 3 is 2.35 bits per heavy atom. The zero-order valence-corrected chi connectivity index (χ0v) is 22.0. The molecular formula is C26H44N2O6. The van der Waals surface area contributed by atoms with Gasteiger partial charge in [0.2, 0.25) is 11.7 Å². The summed E-state index contributed by atoms with van der Waals surface area (Å²) in [5, 5.41) is 5.41. The quantitative estimate of drug-likeness (QED) is 0.327. The molecule has 8 heteroatoms. The number of hydrogen-bond donors (Lipinski definition) is 2. The van der Waals surface area contributed by atoms with Crippen LogP contribution in [-0.4, -0.2) is 48.5 Å². The molecule has 0 aromatic heterocycles. The number of Topliss-reactive ketones (excluding diaryl/α,β-unsaturated/α-hetero) is 2. The molecule has 1 saturated heterocycles. The third-order valence-electron chi connectivity index (χ3n) is 6.19. The van der Waals surface area contributed by atoms with Gasteiger partial charge in [0.25, 0.3) is 5.91 Å². The Bertz CT molecular complexity index is 740. The van der Waals surface area contributed by atoms with Gasteiger partial charge in [-0.1, -0.05) is 54.9 Å². The van der Waals surface area contributed by atoms with Gasteiger partial charge in [0.1, 0.15) is 0 Å². The van der Waals surface area contributed by atoms with Gasteiger partial charge in [0.15, 0.2) is 5.78 Å². The van der Waals surface area contributed by atoms with Gasteiger partial charge in [0, 0.05) is 18.9 Å². The smallest absolute Gasteiger partial charge is 0.306 e. The minimum absolute atomic E-state index is 0.0548. The van der Waals surface area contributed by atoms with Crippen LogP contribution in [0, 0.1) is 29.1 Å². The van der Waals surface area contributed by atoms with Gasteiger partial charge in [-0.25, -0.2) is 0 Å². The average Bonchev–Trinajstić information content (AvgIpc) is 2.89. The molecule has 194 valence electrons. The van der Waals surface area contributed by atoms with Crippen molar-refractivity contribution in [2.24, 2.45) is 29.1 Å². The van der Waals surface area contributed by atoms with E-state index in [0.29, 0.717) is 32.2 Å². The molecule has 4 unspecified atom stereocenters. The summed E-state index contributed by atoms with van der Waals surface area (Å²) in [6.07, 6.45) is 2.06. The molecule has 1 aliphatic rings. The van der Waals surface area contributed by atoms with Crippen molar-refractivity contribution in [2.75, 3.05) is 13.2 Å². The Balaban J connectivity index is 2.93. The van der Waals surface area contributed by atoms with Gasteiger partial charge in [-0.05, 0) is 36.5 Å². The first-order valence-corrected chi connectivity index (χ1v) is 12.6. The summed E-state index contributed by atoms with van der Waals surface area (Å²) >= 11 is 0. The van der Waals surface area contributed by atoms with E-state index in [-0.39, 0.29) is 48.4 Å². The molecule has 0 spiro atoms. The molecule has 0 saturated carbocycles. The molecule has 1 fully saturated rings. The van der Waals surface area contributed by atoms with Crippen LogP contribution in [-0.2, 0) is 28.7 Å². The third-order valence-corrected chi connectivity index (χ3v) is 6.19. The van der Waals surface area contributed by atoms with E-state index in [0.717, 1.165) is 0 Å². The molecule has 34 heavy (non-hydrogen) atoms. The summed E-state index contributed by atoms with van der Waals surface area (Å²) < 4.78 is 5.37. The molecule has 0 radical (unpaired) electrons. The van der Waals surface area contributed by atoms with E-state index >= 15 is 0 Å². The summed E-state index contributed by atoms with van der Waals surface area (Å²) in [6.45, 7) is 14.3. The summed E-state index contributed by atoms with van der Waals surface area (Å²) in [4.78, 5) is 63.0. The number of amides is 2. The average molecular weight is 481 g/mol. The van der Waals surface area contributed by atoms with Gasteiger partial charge in [-0.15, -0.1) is 0 Å². The number of carbonyl (C=O) groups is 5. The lowest BCUT2D eigenvalue weighted by Gasteiger charge is -2.27. The molecule has 0 aromatic rings. The molecule has 2 N–H and O–H groups in total. The highest BCUT2D eigenvalue weighted by Gasteiger charge is 2.34. The van der Waals surface area contributed by atoms with Crippen molar-refractivity contribution in [1.82, 2.24) is 10.6 Å². The maximum Gasteiger partial charge on any atom is 0.306 e. The van der Waals surface area contributed by atoms with Crippen LogP contribution in [0.1, 0.15) is 87.0 Å². The van der Waals surface area contributed by atoms with Crippen molar-refractivity contribution in [1.29, 1.82) is 0 Å². The standard InChI is InChI=1S/C26H44N2O6/c1-8-17(4)19(14-22(30)34-15-26(5,6)7)24(32)28-20(12-16(2)3)21(29)13-18-10-9-11-27-25(33)23(18)31/h16-20H,8-15H2,1-7H3,(H,27,33)(H,28,32). The molecule has 0 aliphatic carbocycles. The highest BCUT2D eigenvalue weighted by molar-refractivity contribution is 6.37. The van der Waals surface area contributed by atoms with Crippen molar-refractivity contribution in [3.8, 4) is 0 Å². The first kappa shape index (κ1) is 29.8. The lowest BCUT2D eigenvalue weighted by molar-refractivity contribution is -0.150. The number of nitrogens with one attached hydrogen (secondary N) is 2. The predicted molar refractivity (Wildman–Crippen MR) is 130 cm³/mol. The van der Waals surface area contributed by atoms with Crippen LogP contribution in [0.15, 0.2) is 0 Å². The van der Waals surface area contributed by atoms with E-state index in [1.54, 1.807) is 0 Å². The highest BCUT2D eigenvalue weighted by Crippen LogP contribution is 2.23. The molecular weight excluding hydrogens is 436 g/mol. The molecule has 1 rings (SSSR count). The van der Waals surface area contributed by atoms with Crippen LogP contribution in [0.2, 0.25) is 0 Å². The zero-order chi connectivity index (χ0) is 26.1. The highest BCUT2D eigenvalue weighted by atomic mass is 16.5. The SMILES string of the molecule is CCC(C)C(CC(=O)OCC(C)(C)C)C(=O)NC(CC(C)C)C(=O)CC1CCCNC(=O)C1=O.